The van der Waals surface area contributed by atoms with E-state index in [0.717, 1.165) is 17.1 Å². The summed E-state index contributed by atoms with van der Waals surface area (Å²) in [5.74, 6) is 1.64. The van der Waals surface area contributed by atoms with E-state index in [9.17, 15) is 5.11 Å². The smallest absolute Gasteiger partial charge is 0.165 e. The lowest BCUT2D eigenvalue weighted by molar-refractivity contribution is 0.169. The molecule has 2 N–H and O–H groups in total. The van der Waals surface area contributed by atoms with Gasteiger partial charge in [-0.3, -0.25) is 0 Å². The molecule has 1 heterocycles. The minimum atomic E-state index is 0.117. The van der Waals surface area contributed by atoms with Gasteiger partial charge in [0.05, 0.1) is 0 Å². The molecule has 1 atom stereocenters. The maximum Gasteiger partial charge on any atom is 0.165 e. The zero-order valence-corrected chi connectivity index (χ0v) is 12.5. The van der Waals surface area contributed by atoms with Gasteiger partial charge in [-0.15, -0.1) is 0 Å². The molecule has 3 rings (SSSR count). The van der Waals surface area contributed by atoms with Gasteiger partial charge in [-0.2, -0.15) is 0 Å². The van der Waals surface area contributed by atoms with Gasteiger partial charge in [-0.25, -0.2) is 0 Å². The number of aliphatic hydroxyl groups excluding tert-OH is 1. The van der Waals surface area contributed by atoms with Gasteiger partial charge in [0, 0.05) is 24.8 Å². The van der Waals surface area contributed by atoms with E-state index >= 15 is 0 Å². The van der Waals surface area contributed by atoms with Crippen LogP contribution in [0.25, 0.3) is 0 Å². The highest BCUT2D eigenvalue weighted by atomic mass is 16.6. The molecule has 0 bridgehead atoms. The van der Waals surface area contributed by atoms with Crippen molar-refractivity contribution in [1.82, 2.24) is 5.32 Å². The fourth-order valence-corrected chi connectivity index (χ4v) is 2.71. The lowest BCUT2D eigenvalue weighted by Gasteiger charge is -2.23. The van der Waals surface area contributed by atoms with Gasteiger partial charge in [0.25, 0.3) is 0 Å². The van der Waals surface area contributed by atoms with Crippen LogP contribution in [0, 0.1) is 0 Å². The summed E-state index contributed by atoms with van der Waals surface area (Å²) in [6.07, 6.45) is 0.677. The molecule has 116 valence electrons. The van der Waals surface area contributed by atoms with Gasteiger partial charge < -0.3 is 19.9 Å². The fourth-order valence-electron chi connectivity index (χ4n) is 2.71. The summed E-state index contributed by atoms with van der Waals surface area (Å²) in [6.45, 7) is 2.01. The number of fused-ring (bicyclic) bond motifs is 1. The van der Waals surface area contributed by atoms with Crippen LogP contribution in [-0.2, 0) is 6.54 Å². The first-order valence-electron chi connectivity index (χ1n) is 7.65. The molecule has 0 saturated heterocycles. The number of hydrogen-bond acceptors (Lipinski definition) is 4. The van der Waals surface area contributed by atoms with Crippen LogP contribution < -0.4 is 14.8 Å². The van der Waals surface area contributed by atoms with E-state index in [1.807, 2.05) is 36.4 Å². The third kappa shape index (κ3) is 3.40. The predicted octanol–water partition coefficient (Wildman–Crippen LogP) is 2.67. The van der Waals surface area contributed by atoms with Crippen molar-refractivity contribution in [2.24, 2.45) is 0 Å². The number of hydrogen-bond donors (Lipinski definition) is 2. The van der Waals surface area contributed by atoms with Crippen molar-refractivity contribution in [3.8, 4) is 11.5 Å². The van der Waals surface area contributed by atoms with E-state index in [2.05, 4.69) is 17.4 Å². The van der Waals surface area contributed by atoms with Crippen LogP contribution in [0.2, 0.25) is 0 Å². The normalized spacial score (nSPS) is 14.6. The van der Waals surface area contributed by atoms with Crippen LogP contribution in [0.15, 0.2) is 48.5 Å². The van der Waals surface area contributed by atoms with E-state index in [4.69, 9.17) is 9.47 Å². The molecule has 0 radical (unpaired) electrons. The van der Waals surface area contributed by atoms with Crippen LogP contribution in [0.5, 0.6) is 11.5 Å². The number of nitrogens with one attached hydrogen (secondary N) is 1. The van der Waals surface area contributed by atoms with Crippen LogP contribution in [0.4, 0.5) is 0 Å². The average molecular weight is 299 g/mol. The van der Waals surface area contributed by atoms with Gasteiger partial charge >= 0.3 is 0 Å². The van der Waals surface area contributed by atoms with Crippen molar-refractivity contribution in [3.05, 3.63) is 59.7 Å². The molecule has 0 amide bonds. The molecule has 0 spiro atoms. The van der Waals surface area contributed by atoms with Crippen molar-refractivity contribution in [2.45, 2.75) is 19.0 Å². The Hall–Kier alpha value is -2.04. The summed E-state index contributed by atoms with van der Waals surface area (Å²) in [5, 5.41) is 12.8. The van der Waals surface area contributed by atoms with Crippen molar-refractivity contribution >= 4 is 0 Å². The summed E-state index contributed by atoms with van der Waals surface area (Å²) in [5.41, 5.74) is 2.26. The van der Waals surface area contributed by atoms with Crippen molar-refractivity contribution in [3.63, 3.8) is 0 Å². The van der Waals surface area contributed by atoms with E-state index < -0.39 is 0 Å². The molecular formula is C18H21NO3. The molecule has 2 aromatic rings. The second kappa shape index (κ2) is 7.29. The average Bonchev–Trinajstić information content (AvgIpc) is 2.59. The van der Waals surface area contributed by atoms with Crippen LogP contribution >= 0.6 is 0 Å². The third-order valence-electron chi connectivity index (χ3n) is 3.81. The Morgan fingerprint density at radius 2 is 1.82 bits per heavy atom. The molecular weight excluding hydrogens is 278 g/mol. The Kier molecular flexibility index (Phi) is 4.93. The monoisotopic (exact) mass is 299 g/mol. The molecule has 22 heavy (non-hydrogen) atoms. The van der Waals surface area contributed by atoms with Crippen molar-refractivity contribution in [2.75, 3.05) is 19.8 Å². The summed E-state index contributed by atoms with van der Waals surface area (Å²) in [4.78, 5) is 0. The van der Waals surface area contributed by atoms with E-state index in [1.54, 1.807) is 0 Å². The summed E-state index contributed by atoms with van der Waals surface area (Å²) in [7, 11) is 0. The van der Waals surface area contributed by atoms with Gasteiger partial charge in [0.15, 0.2) is 11.5 Å². The second-order valence-electron chi connectivity index (χ2n) is 5.30. The minimum Gasteiger partial charge on any atom is -0.486 e. The molecule has 0 unspecified atom stereocenters. The Bertz CT molecular complexity index is 601. The topological polar surface area (TPSA) is 50.7 Å². The van der Waals surface area contributed by atoms with Gasteiger partial charge in [-0.05, 0) is 18.1 Å². The molecule has 1 aliphatic heterocycles. The summed E-state index contributed by atoms with van der Waals surface area (Å²) < 4.78 is 11.3. The molecule has 0 aliphatic carbocycles. The quantitative estimate of drug-likeness (QED) is 0.861. The lowest BCUT2D eigenvalue weighted by Crippen LogP contribution is -2.23. The zero-order valence-electron chi connectivity index (χ0n) is 12.5. The molecule has 0 aromatic heterocycles. The molecule has 2 aromatic carbocycles. The van der Waals surface area contributed by atoms with Gasteiger partial charge in [0.2, 0.25) is 0 Å². The second-order valence-corrected chi connectivity index (χ2v) is 5.30. The fraction of sp³-hybridized carbons (Fsp3) is 0.333. The van der Waals surface area contributed by atoms with Gasteiger partial charge in [-0.1, -0.05) is 42.5 Å². The Morgan fingerprint density at radius 1 is 1.00 bits per heavy atom. The van der Waals surface area contributed by atoms with E-state index in [1.165, 1.54) is 5.56 Å². The highest BCUT2D eigenvalue weighted by Gasteiger charge is 2.17. The van der Waals surface area contributed by atoms with Gasteiger partial charge in [0.1, 0.15) is 13.2 Å². The largest absolute Gasteiger partial charge is 0.486 e. The zero-order chi connectivity index (χ0) is 15.2. The summed E-state index contributed by atoms with van der Waals surface area (Å²) in [6, 6.07) is 16.3. The first-order chi connectivity index (χ1) is 10.9. The minimum absolute atomic E-state index is 0.117. The van der Waals surface area contributed by atoms with Crippen LogP contribution in [-0.4, -0.2) is 24.9 Å². The summed E-state index contributed by atoms with van der Waals surface area (Å²) >= 11 is 0. The number of benzene rings is 2. The maximum absolute atomic E-state index is 9.30. The number of para-hydroxylation sites is 1. The SMILES string of the molecule is OCC[C@@H](NCc1cccc2c1OCCO2)c1ccccc1. The number of ether oxygens (including phenoxy) is 2. The first kappa shape index (κ1) is 14.9. The highest BCUT2D eigenvalue weighted by molar-refractivity contribution is 5.47. The predicted molar refractivity (Wildman–Crippen MR) is 85.2 cm³/mol. The molecule has 1 aliphatic rings. The van der Waals surface area contributed by atoms with Crippen molar-refractivity contribution in [1.29, 1.82) is 0 Å². The standard InChI is InChI=1S/C18H21NO3/c20-10-9-16(14-5-2-1-3-6-14)19-13-15-7-4-8-17-18(15)22-12-11-21-17/h1-8,16,19-20H,9-13H2/t16-/m1/s1. The molecule has 0 saturated carbocycles. The van der Waals surface area contributed by atoms with E-state index in [-0.39, 0.29) is 12.6 Å². The highest BCUT2D eigenvalue weighted by Crippen LogP contribution is 2.33. The Morgan fingerprint density at radius 3 is 2.64 bits per heavy atom. The molecule has 4 nitrogen and oxygen atoms in total. The maximum atomic E-state index is 9.30. The lowest BCUT2D eigenvalue weighted by atomic mass is 10.0. The van der Waals surface area contributed by atoms with Crippen LogP contribution in [0.1, 0.15) is 23.6 Å². The van der Waals surface area contributed by atoms with E-state index in [0.29, 0.717) is 26.2 Å². The molecule has 0 fully saturated rings. The van der Waals surface area contributed by atoms with Crippen LogP contribution in [0.3, 0.4) is 0 Å². The third-order valence-corrected chi connectivity index (χ3v) is 3.81. The number of rotatable bonds is 6. The molecule has 4 heteroatoms. The Labute approximate surface area is 130 Å². The van der Waals surface area contributed by atoms with Crippen molar-refractivity contribution < 1.29 is 14.6 Å². The number of aliphatic hydroxyl groups is 1. The first-order valence-corrected chi connectivity index (χ1v) is 7.65. The Balaban J connectivity index is 1.73.